The first-order valence-corrected chi connectivity index (χ1v) is 14.7. The molecule has 0 atom stereocenters. The molecule has 0 heterocycles. The van der Waals surface area contributed by atoms with Gasteiger partial charge in [0.05, 0.1) is 92.8 Å². The summed E-state index contributed by atoms with van der Waals surface area (Å²) in [6.07, 6.45) is -0.127. The molecule has 0 fully saturated rings. The summed E-state index contributed by atoms with van der Waals surface area (Å²) in [4.78, 5) is 25.0. The van der Waals surface area contributed by atoms with E-state index in [1.807, 2.05) is 24.3 Å². The molecule has 0 bridgehead atoms. The van der Waals surface area contributed by atoms with Crippen LogP contribution in [-0.4, -0.2) is 124 Å². The number of fused-ring (bicyclic) bond motifs is 3. The third-order valence-corrected chi connectivity index (χ3v) is 6.76. The van der Waals surface area contributed by atoms with Crippen LogP contribution in [0, 0.1) is 0 Å². The summed E-state index contributed by atoms with van der Waals surface area (Å²) in [7, 11) is 3.06. The number of likely N-dealkylation sites (N-methyl/N-ethyl adjacent to an activating group) is 1. The van der Waals surface area contributed by atoms with Gasteiger partial charge >= 0.3 is 12.1 Å². The van der Waals surface area contributed by atoms with Crippen molar-refractivity contribution in [3.05, 3.63) is 59.7 Å². The fourth-order valence-corrected chi connectivity index (χ4v) is 4.46. The van der Waals surface area contributed by atoms with Gasteiger partial charge in [-0.25, -0.2) is 4.79 Å². The van der Waals surface area contributed by atoms with Crippen molar-refractivity contribution in [1.29, 1.82) is 0 Å². The monoisotopic (exact) mass is 603 g/mol. The Morgan fingerprint density at radius 2 is 1.05 bits per heavy atom. The highest BCUT2D eigenvalue weighted by Crippen LogP contribution is 2.44. The number of esters is 1. The molecule has 1 aliphatic carbocycles. The van der Waals surface area contributed by atoms with Crippen LogP contribution in [0.2, 0.25) is 0 Å². The molecule has 0 saturated carbocycles. The Kier molecular flexibility index (Phi) is 16.6. The van der Waals surface area contributed by atoms with Gasteiger partial charge < -0.3 is 42.8 Å². The molecule has 238 valence electrons. The van der Waals surface area contributed by atoms with E-state index in [1.165, 1.54) is 34.3 Å². The normalized spacial score (nSPS) is 12.1. The summed E-state index contributed by atoms with van der Waals surface area (Å²) < 4.78 is 42.8. The minimum Gasteiger partial charge on any atom is -0.469 e. The van der Waals surface area contributed by atoms with Crippen LogP contribution in [0.4, 0.5) is 4.79 Å². The molecule has 1 amide bonds. The van der Waals surface area contributed by atoms with Gasteiger partial charge in [0.1, 0.15) is 6.61 Å². The van der Waals surface area contributed by atoms with Crippen molar-refractivity contribution in [3.63, 3.8) is 0 Å². The Bertz CT molecular complexity index is 1040. The second-order valence-electron chi connectivity index (χ2n) is 9.73. The molecular weight excluding hydrogens is 558 g/mol. The molecule has 1 aliphatic rings. The van der Waals surface area contributed by atoms with Crippen molar-refractivity contribution in [2.75, 3.05) is 107 Å². The number of carbonyl (C=O) groups excluding carboxylic acids is 2. The van der Waals surface area contributed by atoms with E-state index in [0.717, 1.165) is 0 Å². The van der Waals surface area contributed by atoms with Gasteiger partial charge in [-0.15, -0.1) is 0 Å². The quantitative estimate of drug-likeness (QED) is 0.138. The number of rotatable bonds is 23. The molecule has 0 spiro atoms. The molecule has 0 radical (unpaired) electrons. The minimum absolute atomic E-state index is 0.0399. The number of nitrogens with zero attached hydrogens (tertiary/aromatic N) is 1. The van der Waals surface area contributed by atoms with E-state index in [-0.39, 0.29) is 24.4 Å². The molecule has 0 aromatic heterocycles. The zero-order chi connectivity index (χ0) is 30.5. The number of carbonyl (C=O) groups is 2. The molecule has 3 rings (SSSR count). The maximum Gasteiger partial charge on any atom is 0.409 e. The highest BCUT2D eigenvalue weighted by molar-refractivity contribution is 5.79. The first-order chi connectivity index (χ1) is 21.1. The van der Waals surface area contributed by atoms with Crippen LogP contribution >= 0.6 is 0 Å². The topological polar surface area (TPSA) is 111 Å². The molecule has 11 heteroatoms. The van der Waals surface area contributed by atoms with E-state index in [2.05, 4.69) is 29.0 Å². The average Bonchev–Trinajstić information content (AvgIpc) is 3.35. The van der Waals surface area contributed by atoms with E-state index in [0.29, 0.717) is 92.4 Å². The lowest BCUT2D eigenvalue weighted by atomic mass is 9.98. The highest BCUT2D eigenvalue weighted by Gasteiger charge is 2.29. The van der Waals surface area contributed by atoms with E-state index in [9.17, 15) is 9.59 Å². The number of amides is 1. The van der Waals surface area contributed by atoms with Crippen LogP contribution in [0.15, 0.2) is 48.5 Å². The Labute approximate surface area is 254 Å². The Hall–Kier alpha value is -3.06. The second-order valence-corrected chi connectivity index (χ2v) is 9.73. The first kappa shape index (κ1) is 34.4. The summed E-state index contributed by atoms with van der Waals surface area (Å²) in [5, 5.41) is 0. The third-order valence-electron chi connectivity index (χ3n) is 6.76. The summed E-state index contributed by atoms with van der Waals surface area (Å²) >= 11 is 0. The first-order valence-electron chi connectivity index (χ1n) is 14.7. The van der Waals surface area contributed by atoms with Gasteiger partial charge in [0.25, 0.3) is 0 Å². The van der Waals surface area contributed by atoms with Crippen LogP contribution < -0.4 is 0 Å². The fourth-order valence-electron chi connectivity index (χ4n) is 4.46. The van der Waals surface area contributed by atoms with Crippen molar-refractivity contribution < 1.29 is 47.5 Å². The molecule has 43 heavy (non-hydrogen) atoms. The van der Waals surface area contributed by atoms with Crippen molar-refractivity contribution >= 4 is 12.1 Å². The number of ether oxygens (including phenoxy) is 8. The summed E-state index contributed by atoms with van der Waals surface area (Å²) in [6.45, 7) is 5.97. The van der Waals surface area contributed by atoms with E-state index in [1.54, 1.807) is 7.05 Å². The van der Waals surface area contributed by atoms with Crippen LogP contribution in [-0.2, 0) is 42.7 Å². The molecule has 2 aromatic rings. The van der Waals surface area contributed by atoms with Crippen molar-refractivity contribution in [2.24, 2.45) is 0 Å². The van der Waals surface area contributed by atoms with E-state index >= 15 is 0 Å². The zero-order valence-corrected chi connectivity index (χ0v) is 25.3. The number of methoxy groups -OCH3 is 1. The molecular formula is C32H45NO10. The summed E-state index contributed by atoms with van der Waals surface area (Å²) in [5.74, 6) is -0.250. The van der Waals surface area contributed by atoms with Gasteiger partial charge in [0.2, 0.25) is 0 Å². The Morgan fingerprint density at radius 3 is 1.51 bits per heavy atom. The van der Waals surface area contributed by atoms with Gasteiger partial charge in [0.15, 0.2) is 0 Å². The molecule has 0 saturated heterocycles. The number of benzene rings is 2. The second kappa shape index (κ2) is 20.8. The van der Waals surface area contributed by atoms with E-state index < -0.39 is 0 Å². The van der Waals surface area contributed by atoms with Gasteiger partial charge in [-0.3, -0.25) is 4.79 Å². The van der Waals surface area contributed by atoms with Crippen LogP contribution in [0.3, 0.4) is 0 Å². The lowest BCUT2D eigenvalue weighted by molar-refractivity contribution is -0.141. The average molecular weight is 604 g/mol. The molecule has 11 nitrogen and oxygen atoms in total. The largest absolute Gasteiger partial charge is 0.469 e. The predicted molar refractivity (Wildman–Crippen MR) is 159 cm³/mol. The lowest BCUT2D eigenvalue weighted by Gasteiger charge is -2.19. The van der Waals surface area contributed by atoms with Gasteiger partial charge in [-0.1, -0.05) is 48.5 Å². The highest BCUT2D eigenvalue weighted by atomic mass is 16.6. The van der Waals surface area contributed by atoms with Crippen LogP contribution in [0.25, 0.3) is 11.1 Å². The standard InChI is InChI=1S/C32H45NO10/c1-33(32(35)43-25-30-28-9-5-3-7-26(28)27-8-4-6-10-29(27)30)12-14-38-16-18-40-20-22-42-24-23-41-21-19-39-17-15-37-13-11-31(34)36-2/h3-10,30H,11-25H2,1-2H3. The number of hydrogen-bond acceptors (Lipinski definition) is 10. The van der Waals surface area contributed by atoms with Crippen molar-refractivity contribution in [1.82, 2.24) is 4.90 Å². The van der Waals surface area contributed by atoms with Crippen molar-refractivity contribution in [3.8, 4) is 11.1 Å². The summed E-state index contributed by atoms with van der Waals surface area (Å²) in [5.41, 5.74) is 4.79. The lowest BCUT2D eigenvalue weighted by Crippen LogP contribution is -2.32. The van der Waals surface area contributed by atoms with E-state index in [4.69, 9.17) is 33.2 Å². The van der Waals surface area contributed by atoms with Crippen LogP contribution in [0.5, 0.6) is 0 Å². The molecule has 0 N–H and O–H groups in total. The maximum absolute atomic E-state index is 12.6. The van der Waals surface area contributed by atoms with Crippen LogP contribution in [0.1, 0.15) is 23.5 Å². The Balaban J connectivity index is 1.09. The number of hydrogen-bond donors (Lipinski definition) is 0. The predicted octanol–water partition coefficient (Wildman–Crippen LogP) is 3.53. The third kappa shape index (κ3) is 12.6. The van der Waals surface area contributed by atoms with Gasteiger partial charge in [-0.2, -0.15) is 0 Å². The SMILES string of the molecule is COC(=O)CCOCCOCCOCCOCCOCCOCCN(C)C(=O)OCC1c2ccccc2-c2ccccc21. The fraction of sp³-hybridized carbons (Fsp3) is 0.562. The molecule has 2 aromatic carbocycles. The summed E-state index contributed by atoms with van der Waals surface area (Å²) in [6, 6.07) is 16.6. The molecule has 0 aliphatic heterocycles. The zero-order valence-electron chi connectivity index (χ0n) is 25.3. The Morgan fingerprint density at radius 1 is 0.628 bits per heavy atom. The smallest absolute Gasteiger partial charge is 0.409 e. The van der Waals surface area contributed by atoms with Gasteiger partial charge in [-0.05, 0) is 22.3 Å². The molecule has 0 unspecified atom stereocenters. The minimum atomic E-state index is -0.367. The van der Waals surface area contributed by atoms with Crippen molar-refractivity contribution in [2.45, 2.75) is 12.3 Å². The van der Waals surface area contributed by atoms with Gasteiger partial charge in [0, 0.05) is 19.5 Å². The maximum atomic E-state index is 12.6.